The van der Waals surface area contributed by atoms with Crippen LogP contribution in [0.2, 0.25) is 5.15 Å². The van der Waals surface area contributed by atoms with Crippen LogP contribution in [0, 0.1) is 0 Å². The van der Waals surface area contributed by atoms with E-state index in [0.717, 1.165) is 38.3 Å². The molecule has 1 rings (SSSR count). The lowest BCUT2D eigenvalue weighted by Gasteiger charge is -2.06. The molecule has 1 heterocycles. The highest BCUT2D eigenvalue weighted by atomic mass is 35.5. The number of rotatable bonds is 7. The van der Waals surface area contributed by atoms with Crippen molar-refractivity contribution in [1.82, 2.24) is 4.98 Å². The molecule has 1 N–H and O–H groups in total. The highest BCUT2D eigenvalue weighted by Gasteiger charge is 1.93. The quantitative estimate of drug-likeness (QED) is 0.576. The van der Waals surface area contributed by atoms with Crippen molar-refractivity contribution in [1.29, 1.82) is 0 Å². The lowest BCUT2D eigenvalue weighted by Crippen LogP contribution is -2.06. The molecule has 0 amide bonds. The van der Waals surface area contributed by atoms with Crippen LogP contribution < -0.4 is 5.32 Å². The fraction of sp³-hybridized carbons (Fsp3) is 0.545. The van der Waals surface area contributed by atoms with Gasteiger partial charge in [0.05, 0.1) is 0 Å². The van der Waals surface area contributed by atoms with Crippen LogP contribution in [0.25, 0.3) is 0 Å². The standard InChI is InChI=1S/C11H17ClN2O/c1-2-7-15-8-3-5-13-10-4-6-14-11(12)9-10/h4,6,9H,2-3,5,7-8H2,1H3,(H,13,14). The highest BCUT2D eigenvalue weighted by molar-refractivity contribution is 6.29. The summed E-state index contributed by atoms with van der Waals surface area (Å²) in [7, 11) is 0. The van der Waals surface area contributed by atoms with Gasteiger partial charge in [0, 0.05) is 31.6 Å². The van der Waals surface area contributed by atoms with Crippen LogP contribution in [0.5, 0.6) is 0 Å². The largest absolute Gasteiger partial charge is 0.385 e. The number of aromatic nitrogens is 1. The number of hydrogen-bond donors (Lipinski definition) is 1. The molecule has 0 radical (unpaired) electrons. The van der Waals surface area contributed by atoms with Crippen LogP contribution >= 0.6 is 11.6 Å². The van der Waals surface area contributed by atoms with Gasteiger partial charge in [0.25, 0.3) is 0 Å². The lowest BCUT2D eigenvalue weighted by atomic mass is 10.4. The maximum absolute atomic E-state index is 5.75. The minimum atomic E-state index is 0.516. The molecule has 0 unspecified atom stereocenters. The molecule has 0 atom stereocenters. The molecule has 0 aromatic carbocycles. The van der Waals surface area contributed by atoms with Crippen molar-refractivity contribution in [2.24, 2.45) is 0 Å². The average molecular weight is 229 g/mol. The minimum Gasteiger partial charge on any atom is -0.385 e. The molecule has 84 valence electrons. The zero-order chi connectivity index (χ0) is 10.9. The van der Waals surface area contributed by atoms with E-state index < -0.39 is 0 Å². The van der Waals surface area contributed by atoms with Gasteiger partial charge < -0.3 is 10.1 Å². The highest BCUT2D eigenvalue weighted by Crippen LogP contribution is 2.11. The monoisotopic (exact) mass is 228 g/mol. The predicted octanol–water partition coefficient (Wildman–Crippen LogP) is 2.96. The van der Waals surface area contributed by atoms with Crippen LogP contribution in [-0.4, -0.2) is 24.7 Å². The Labute approximate surface area is 95.8 Å². The van der Waals surface area contributed by atoms with Crippen molar-refractivity contribution < 1.29 is 4.74 Å². The third kappa shape index (κ3) is 5.60. The predicted molar refractivity (Wildman–Crippen MR) is 63.5 cm³/mol. The third-order valence-electron chi connectivity index (χ3n) is 1.87. The van der Waals surface area contributed by atoms with Crippen molar-refractivity contribution >= 4 is 17.3 Å². The molecule has 0 aliphatic carbocycles. The molecule has 0 aliphatic heterocycles. The Bertz CT molecular complexity index is 281. The van der Waals surface area contributed by atoms with E-state index in [1.54, 1.807) is 6.20 Å². The lowest BCUT2D eigenvalue weighted by molar-refractivity contribution is 0.134. The first-order chi connectivity index (χ1) is 7.33. The summed E-state index contributed by atoms with van der Waals surface area (Å²) in [5.41, 5.74) is 1.01. The van der Waals surface area contributed by atoms with Gasteiger partial charge in [0.2, 0.25) is 0 Å². The molecule has 0 saturated carbocycles. The fourth-order valence-corrected chi connectivity index (χ4v) is 1.34. The van der Waals surface area contributed by atoms with Crippen molar-refractivity contribution in [3.63, 3.8) is 0 Å². The Kier molecular flexibility index (Phi) is 6.12. The summed E-state index contributed by atoms with van der Waals surface area (Å²) >= 11 is 5.75. The van der Waals surface area contributed by atoms with E-state index in [4.69, 9.17) is 16.3 Å². The molecule has 0 aliphatic rings. The SMILES string of the molecule is CCCOCCCNc1ccnc(Cl)c1. The number of ether oxygens (including phenoxy) is 1. The van der Waals surface area contributed by atoms with Gasteiger partial charge in [-0.3, -0.25) is 0 Å². The summed E-state index contributed by atoms with van der Waals surface area (Å²) in [6.45, 7) is 4.65. The molecule has 1 aromatic heterocycles. The molecule has 3 nitrogen and oxygen atoms in total. The van der Waals surface area contributed by atoms with Crippen molar-refractivity contribution in [2.75, 3.05) is 25.1 Å². The van der Waals surface area contributed by atoms with Gasteiger partial charge in [-0.15, -0.1) is 0 Å². The Morgan fingerprint density at radius 3 is 3.07 bits per heavy atom. The van der Waals surface area contributed by atoms with E-state index >= 15 is 0 Å². The first-order valence-corrected chi connectivity index (χ1v) is 5.64. The Morgan fingerprint density at radius 1 is 1.47 bits per heavy atom. The van der Waals surface area contributed by atoms with Gasteiger partial charge in [-0.05, 0) is 25.0 Å². The van der Waals surface area contributed by atoms with Crippen LogP contribution in [-0.2, 0) is 4.74 Å². The normalized spacial score (nSPS) is 10.3. The smallest absolute Gasteiger partial charge is 0.131 e. The molecule has 4 heteroatoms. The molecular weight excluding hydrogens is 212 g/mol. The second-order valence-electron chi connectivity index (χ2n) is 3.26. The van der Waals surface area contributed by atoms with E-state index in [0.29, 0.717) is 5.15 Å². The molecule has 0 saturated heterocycles. The van der Waals surface area contributed by atoms with E-state index in [1.165, 1.54) is 0 Å². The topological polar surface area (TPSA) is 34.1 Å². The van der Waals surface area contributed by atoms with Gasteiger partial charge >= 0.3 is 0 Å². The van der Waals surface area contributed by atoms with E-state index in [-0.39, 0.29) is 0 Å². The zero-order valence-corrected chi connectivity index (χ0v) is 9.76. The summed E-state index contributed by atoms with van der Waals surface area (Å²) in [4.78, 5) is 3.91. The van der Waals surface area contributed by atoms with E-state index in [1.807, 2.05) is 12.1 Å². The molecule has 1 aromatic rings. The molecular formula is C11H17ClN2O. The van der Waals surface area contributed by atoms with Crippen molar-refractivity contribution in [2.45, 2.75) is 19.8 Å². The maximum Gasteiger partial charge on any atom is 0.131 e. The number of anilines is 1. The molecule has 0 bridgehead atoms. The van der Waals surface area contributed by atoms with Gasteiger partial charge in [-0.1, -0.05) is 18.5 Å². The summed E-state index contributed by atoms with van der Waals surface area (Å²) in [5.74, 6) is 0. The van der Waals surface area contributed by atoms with Crippen LogP contribution in [0.15, 0.2) is 18.3 Å². The number of pyridine rings is 1. The van der Waals surface area contributed by atoms with Gasteiger partial charge in [-0.25, -0.2) is 4.98 Å². The maximum atomic E-state index is 5.75. The van der Waals surface area contributed by atoms with Crippen LogP contribution in [0.4, 0.5) is 5.69 Å². The summed E-state index contributed by atoms with van der Waals surface area (Å²) < 4.78 is 5.37. The Balaban J connectivity index is 2.10. The number of nitrogens with zero attached hydrogens (tertiary/aromatic N) is 1. The van der Waals surface area contributed by atoms with Crippen molar-refractivity contribution in [3.05, 3.63) is 23.5 Å². The zero-order valence-electron chi connectivity index (χ0n) is 9.00. The fourth-order valence-electron chi connectivity index (χ4n) is 1.17. The minimum absolute atomic E-state index is 0.516. The van der Waals surface area contributed by atoms with E-state index in [9.17, 15) is 0 Å². The Morgan fingerprint density at radius 2 is 2.33 bits per heavy atom. The number of hydrogen-bond acceptors (Lipinski definition) is 3. The van der Waals surface area contributed by atoms with Gasteiger partial charge in [0.1, 0.15) is 5.15 Å². The number of nitrogens with one attached hydrogen (secondary N) is 1. The summed E-state index contributed by atoms with van der Waals surface area (Å²) in [5, 5.41) is 3.77. The second kappa shape index (κ2) is 7.49. The molecule has 0 spiro atoms. The summed E-state index contributed by atoms with van der Waals surface area (Å²) in [6.07, 6.45) is 3.77. The first-order valence-electron chi connectivity index (χ1n) is 5.26. The molecule has 15 heavy (non-hydrogen) atoms. The average Bonchev–Trinajstić information content (AvgIpc) is 2.23. The van der Waals surface area contributed by atoms with Crippen LogP contribution in [0.3, 0.4) is 0 Å². The van der Waals surface area contributed by atoms with E-state index in [2.05, 4.69) is 17.2 Å². The molecule has 0 fully saturated rings. The number of halogens is 1. The van der Waals surface area contributed by atoms with Gasteiger partial charge in [-0.2, -0.15) is 0 Å². The van der Waals surface area contributed by atoms with Crippen molar-refractivity contribution in [3.8, 4) is 0 Å². The van der Waals surface area contributed by atoms with Crippen LogP contribution in [0.1, 0.15) is 19.8 Å². The second-order valence-corrected chi connectivity index (χ2v) is 3.65. The third-order valence-corrected chi connectivity index (χ3v) is 2.08. The Hall–Kier alpha value is -0.800. The summed E-state index contributed by atoms with van der Waals surface area (Å²) in [6, 6.07) is 3.72. The first kappa shape index (κ1) is 12.3. The van der Waals surface area contributed by atoms with Gasteiger partial charge in [0.15, 0.2) is 0 Å².